The normalized spacial score (nSPS) is 10.7. The molecule has 0 saturated heterocycles. The Hall–Kier alpha value is -2.67. The highest BCUT2D eigenvalue weighted by Crippen LogP contribution is 2.38. The number of halogens is 1. The van der Waals surface area contributed by atoms with Gasteiger partial charge in [0.15, 0.2) is 17.1 Å². The summed E-state index contributed by atoms with van der Waals surface area (Å²) in [5, 5.41) is 7.92. The number of nitrogens with one attached hydrogen (secondary N) is 1. The minimum absolute atomic E-state index is 0.399. The van der Waals surface area contributed by atoms with E-state index in [4.69, 9.17) is 25.8 Å². The Morgan fingerprint density at radius 1 is 1.08 bits per heavy atom. The molecule has 0 spiro atoms. The van der Waals surface area contributed by atoms with Crippen LogP contribution in [-0.2, 0) is 6.54 Å². The van der Waals surface area contributed by atoms with Gasteiger partial charge in [-0.15, -0.1) is 0 Å². The fraction of sp³-hybridized carbons (Fsp3) is 0.250. The summed E-state index contributed by atoms with van der Waals surface area (Å²) in [6.07, 6.45) is 1.67. The van der Waals surface area contributed by atoms with Gasteiger partial charge in [0.2, 0.25) is 5.75 Å². The Kier molecular flexibility index (Phi) is 4.61. The van der Waals surface area contributed by atoms with Gasteiger partial charge in [-0.1, -0.05) is 11.6 Å². The zero-order valence-corrected chi connectivity index (χ0v) is 14.3. The van der Waals surface area contributed by atoms with E-state index in [9.17, 15) is 0 Å². The smallest absolute Gasteiger partial charge is 0.203 e. The first-order chi connectivity index (χ1) is 11.7. The molecule has 0 atom stereocenters. The first-order valence-corrected chi connectivity index (χ1v) is 7.57. The Labute approximate surface area is 144 Å². The number of benzene rings is 1. The van der Waals surface area contributed by atoms with E-state index < -0.39 is 0 Å². The molecule has 2 heterocycles. The second-order valence-electron chi connectivity index (χ2n) is 4.95. The number of hydrogen-bond acceptors (Lipinski definition) is 6. The van der Waals surface area contributed by atoms with E-state index >= 15 is 0 Å². The molecule has 0 radical (unpaired) electrons. The molecule has 0 aliphatic carbocycles. The SMILES string of the molecule is COc1cc(CNc2cc(Cl)nc3ccnn23)cc(OC)c1OC. The highest BCUT2D eigenvalue weighted by Gasteiger charge is 2.13. The molecule has 0 aliphatic heterocycles. The Morgan fingerprint density at radius 3 is 2.42 bits per heavy atom. The fourth-order valence-corrected chi connectivity index (χ4v) is 2.63. The maximum absolute atomic E-state index is 6.05. The molecule has 0 fully saturated rings. The summed E-state index contributed by atoms with van der Waals surface area (Å²) in [6, 6.07) is 7.28. The largest absolute Gasteiger partial charge is 0.493 e. The number of ether oxygens (including phenoxy) is 3. The number of anilines is 1. The number of fused-ring (bicyclic) bond motifs is 1. The average molecular weight is 349 g/mol. The molecule has 1 N–H and O–H groups in total. The van der Waals surface area contributed by atoms with Crippen molar-refractivity contribution in [3.05, 3.63) is 41.2 Å². The first-order valence-electron chi connectivity index (χ1n) is 7.19. The van der Waals surface area contributed by atoms with E-state index in [1.54, 1.807) is 44.2 Å². The van der Waals surface area contributed by atoms with Crippen LogP contribution >= 0.6 is 11.6 Å². The number of aromatic nitrogens is 3. The van der Waals surface area contributed by atoms with Crippen molar-refractivity contribution >= 4 is 23.1 Å². The zero-order chi connectivity index (χ0) is 17.1. The van der Waals surface area contributed by atoms with Crippen LogP contribution in [-0.4, -0.2) is 35.9 Å². The average Bonchev–Trinajstić information content (AvgIpc) is 3.06. The van der Waals surface area contributed by atoms with Crippen molar-refractivity contribution in [2.45, 2.75) is 6.54 Å². The highest BCUT2D eigenvalue weighted by molar-refractivity contribution is 6.29. The van der Waals surface area contributed by atoms with E-state index in [-0.39, 0.29) is 0 Å². The summed E-state index contributed by atoms with van der Waals surface area (Å²) in [5.41, 5.74) is 1.63. The molecule has 0 amide bonds. The van der Waals surface area contributed by atoms with Crippen LogP contribution in [0.15, 0.2) is 30.5 Å². The van der Waals surface area contributed by atoms with Crippen molar-refractivity contribution in [3.63, 3.8) is 0 Å². The Morgan fingerprint density at radius 2 is 1.79 bits per heavy atom. The van der Waals surface area contributed by atoms with Gasteiger partial charge in [0.05, 0.1) is 27.5 Å². The molecule has 24 heavy (non-hydrogen) atoms. The van der Waals surface area contributed by atoms with Crippen LogP contribution in [0.25, 0.3) is 5.65 Å². The monoisotopic (exact) mass is 348 g/mol. The third-order valence-electron chi connectivity index (χ3n) is 3.53. The van der Waals surface area contributed by atoms with Gasteiger partial charge in [-0.3, -0.25) is 0 Å². The Bertz CT molecular complexity index is 841. The number of hydrogen-bond donors (Lipinski definition) is 1. The van der Waals surface area contributed by atoms with Crippen molar-refractivity contribution in [2.75, 3.05) is 26.6 Å². The van der Waals surface area contributed by atoms with Crippen molar-refractivity contribution in [2.24, 2.45) is 0 Å². The molecule has 2 aromatic heterocycles. The molecule has 0 unspecified atom stereocenters. The summed E-state index contributed by atoms with van der Waals surface area (Å²) in [5.74, 6) is 2.50. The van der Waals surface area contributed by atoms with E-state index in [0.717, 1.165) is 11.4 Å². The lowest BCUT2D eigenvalue weighted by Gasteiger charge is -2.15. The van der Waals surface area contributed by atoms with E-state index in [1.807, 2.05) is 12.1 Å². The van der Waals surface area contributed by atoms with Gasteiger partial charge < -0.3 is 19.5 Å². The topological polar surface area (TPSA) is 69.9 Å². The maximum atomic E-state index is 6.05. The predicted molar refractivity (Wildman–Crippen MR) is 91.4 cm³/mol. The van der Waals surface area contributed by atoms with Crippen LogP contribution in [0.4, 0.5) is 5.82 Å². The minimum Gasteiger partial charge on any atom is -0.493 e. The van der Waals surface area contributed by atoms with Crippen LogP contribution in [0.1, 0.15) is 5.56 Å². The Balaban J connectivity index is 1.89. The zero-order valence-electron chi connectivity index (χ0n) is 13.5. The lowest BCUT2D eigenvalue weighted by atomic mass is 10.1. The van der Waals surface area contributed by atoms with Gasteiger partial charge in [-0.2, -0.15) is 9.61 Å². The van der Waals surface area contributed by atoms with Gasteiger partial charge in [0, 0.05) is 18.7 Å². The van der Waals surface area contributed by atoms with Gasteiger partial charge in [-0.25, -0.2) is 4.98 Å². The third kappa shape index (κ3) is 3.03. The van der Waals surface area contributed by atoms with Gasteiger partial charge in [-0.05, 0) is 17.7 Å². The molecular weight excluding hydrogens is 332 g/mol. The lowest BCUT2D eigenvalue weighted by Crippen LogP contribution is -2.07. The first kappa shape index (κ1) is 16.2. The third-order valence-corrected chi connectivity index (χ3v) is 3.72. The van der Waals surface area contributed by atoms with Gasteiger partial charge in [0.1, 0.15) is 11.0 Å². The molecule has 0 bridgehead atoms. The molecule has 3 aromatic rings. The van der Waals surface area contributed by atoms with Crippen molar-refractivity contribution < 1.29 is 14.2 Å². The molecule has 1 aromatic carbocycles. The van der Waals surface area contributed by atoms with Crippen LogP contribution < -0.4 is 19.5 Å². The number of methoxy groups -OCH3 is 3. The van der Waals surface area contributed by atoms with Gasteiger partial charge >= 0.3 is 0 Å². The minimum atomic E-state index is 0.399. The standard InChI is InChI=1S/C16H17ClN4O3/c1-22-11-6-10(7-12(23-2)16(11)24-3)9-18-15-8-13(17)20-14-4-5-19-21(14)15/h4-8,18H,9H2,1-3H3. The highest BCUT2D eigenvalue weighted by atomic mass is 35.5. The summed E-state index contributed by atoms with van der Waals surface area (Å²) in [7, 11) is 4.75. The van der Waals surface area contributed by atoms with Crippen molar-refractivity contribution in [3.8, 4) is 17.2 Å². The lowest BCUT2D eigenvalue weighted by molar-refractivity contribution is 0.324. The quantitative estimate of drug-likeness (QED) is 0.690. The molecule has 3 rings (SSSR count). The molecule has 7 nitrogen and oxygen atoms in total. The van der Waals surface area contributed by atoms with Crippen LogP contribution in [0.5, 0.6) is 17.2 Å². The molecule has 8 heteroatoms. The van der Waals surface area contributed by atoms with Crippen molar-refractivity contribution in [1.82, 2.24) is 14.6 Å². The number of nitrogens with zero attached hydrogens (tertiary/aromatic N) is 3. The van der Waals surface area contributed by atoms with E-state index in [2.05, 4.69) is 15.4 Å². The number of rotatable bonds is 6. The summed E-state index contributed by atoms with van der Waals surface area (Å²) in [4.78, 5) is 4.20. The van der Waals surface area contributed by atoms with Gasteiger partial charge in [0.25, 0.3) is 0 Å². The van der Waals surface area contributed by atoms with Crippen LogP contribution in [0.2, 0.25) is 5.15 Å². The second-order valence-corrected chi connectivity index (χ2v) is 5.34. The molecular formula is C16H17ClN4O3. The maximum Gasteiger partial charge on any atom is 0.203 e. The van der Waals surface area contributed by atoms with E-state index in [0.29, 0.717) is 34.6 Å². The van der Waals surface area contributed by atoms with Crippen LogP contribution in [0.3, 0.4) is 0 Å². The molecule has 0 aliphatic rings. The van der Waals surface area contributed by atoms with E-state index in [1.165, 1.54) is 0 Å². The van der Waals surface area contributed by atoms with Crippen molar-refractivity contribution in [1.29, 1.82) is 0 Å². The predicted octanol–water partition coefficient (Wildman–Crippen LogP) is 3.02. The molecule has 126 valence electrons. The second kappa shape index (κ2) is 6.84. The van der Waals surface area contributed by atoms with Crippen LogP contribution in [0, 0.1) is 0 Å². The fourth-order valence-electron chi connectivity index (χ4n) is 2.44. The summed E-state index contributed by atoms with van der Waals surface area (Å²) >= 11 is 6.05. The summed E-state index contributed by atoms with van der Waals surface area (Å²) < 4.78 is 17.7. The molecule has 0 saturated carbocycles. The summed E-state index contributed by atoms with van der Waals surface area (Å²) in [6.45, 7) is 0.520.